The number of anilines is 1. The quantitative estimate of drug-likeness (QED) is 0.882. The van der Waals surface area contributed by atoms with Crippen LogP contribution in [0.4, 0.5) is 5.69 Å². The highest BCUT2D eigenvalue weighted by molar-refractivity contribution is 8.04. The van der Waals surface area contributed by atoms with Crippen LogP contribution in [0.3, 0.4) is 0 Å². The summed E-state index contributed by atoms with van der Waals surface area (Å²) in [5.41, 5.74) is 7.21. The second kappa shape index (κ2) is 4.39. The summed E-state index contributed by atoms with van der Waals surface area (Å²) >= 11 is 7.29. The summed E-state index contributed by atoms with van der Waals surface area (Å²) in [7, 11) is 0. The maximum Gasteiger partial charge on any atom is 0.256 e. The number of carbonyl (C=O) groups excluding carboxylic acids is 1. The third kappa shape index (κ3) is 2.03. The predicted molar refractivity (Wildman–Crippen MR) is 68.3 cm³/mol. The largest absolute Gasteiger partial charge is 0.365 e. The number of thioether (sulfide) groups is 1. The molecule has 0 radical (unpaired) electrons. The molecule has 1 aliphatic rings. The van der Waals surface area contributed by atoms with Crippen LogP contribution in [0, 0.1) is 0 Å². The Bertz CT molecular complexity index is 456. The molecule has 5 heteroatoms. The van der Waals surface area contributed by atoms with Gasteiger partial charge in [0.25, 0.3) is 5.91 Å². The highest BCUT2D eigenvalue weighted by atomic mass is 35.5. The SMILES string of the molecule is CC1=C(C(N)=O)SCN1c1ccc(Cl)cc1. The molecule has 1 aromatic carbocycles. The summed E-state index contributed by atoms with van der Waals surface area (Å²) in [5, 5.41) is 0.701. The minimum absolute atomic E-state index is 0.362. The van der Waals surface area contributed by atoms with E-state index in [2.05, 4.69) is 0 Å². The highest BCUT2D eigenvalue weighted by Crippen LogP contribution is 2.35. The second-order valence-corrected chi connectivity index (χ2v) is 4.85. The van der Waals surface area contributed by atoms with Gasteiger partial charge in [-0.15, -0.1) is 0 Å². The molecule has 0 saturated heterocycles. The average Bonchev–Trinajstić information content (AvgIpc) is 2.61. The Morgan fingerprint density at radius 1 is 1.44 bits per heavy atom. The Balaban J connectivity index is 2.31. The number of benzene rings is 1. The molecule has 0 fully saturated rings. The van der Waals surface area contributed by atoms with Crippen molar-refractivity contribution in [3.05, 3.63) is 39.9 Å². The van der Waals surface area contributed by atoms with Gasteiger partial charge in [-0.25, -0.2) is 0 Å². The van der Waals surface area contributed by atoms with E-state index in [1.807, 2.05) is 36.1 Å². The summed E-state index contributed by atoms with van der Waals surface area (Å²) in [6.45, 7) is 1.90. The summed E-state index contributed by atoms with van der Waals surface area (Å²) in [6.07, 6.45) is 0. The van der Waals surface area contributed by atoms with E-state index >= 15 is 0 Å². The fraction of sp³-hybridized carbons (Fsp3) is 0.182. The number of nitrogens with two attached hydrogens (primary N) is 1. The molecule has 0 atom stereocenters. The molecule has 2 N–H and O–H groups in total. The first-order valence-corrected chi connectivity index (χ1v) is 6.12. The molecular formula is C11H11ClN2OS. The second-order valence-electron chi connectivity index (χ2n) is 3.46. The van der Waals surface area contributed by atoms with E-state index in [9.17, 15) is 4.79 Å². The predicted octanol–water partition coefficient (Wildman–Crippen LogP) is 2.57. The number of rotatable bonds is 2. The molecule has 0 spiro atoms. The van der Waals surface area contributed by atoms with Crippen LogP contribution in [0.1, 0.15) is 6.92 Å². The van der Waals surface area contributed by atoms with Crippen LogP contribution in [-0.2, 0) is 4.79 Å². The average molecular weight is 255 g/mol. The lowest BCUT2D eigenvalue weighted by Gasteiger charge is -2.19. The van der Waals surface area contributed by atoms with E-state index in [1.54, 1.807) is 0 Å². The van der Waals surface area contributed by atoms with Crippen LogP contribution in [-0.4, -0.2) is 11.8 Å². The fourth-order valence-corrected chi connectivity index (χ4v) is 2.78. The van der Waals surface area contributed by atoms with Gasteiger partial charge in [0.15, 0.2) is 0 Å². The van der Waals surface area contributed by atoms with Crippen LogP contribution in [0.5, 0.6) is 0 Å². The number of allylic oxidation sites excluding steroid dienone is 1. The van der Waals surface area contributed by atoms with Crippen molar-refractivity contribution in [1.29, 1.82) is 0 Å². The van der Waals surface area contributed by atoms with E-state index in [-0.39, 0.29) is 5.91 Å². The van der Waals surface area contributed by atoms with Gasteiger partial charge in [0, 0.05) is 16.4 Å². The van der Waals surface area contributed by atoms with E-state index in [4.69, 9.17) is 17.3 Å². The van der Waals surface area contributed by atoms with Gasteiger partial charge >= 0.3 is 0 Å². The zero-order valence-corrected chi connectivity index (χ0v) is 10.3. The summed E-state index contributed by atoms with van der Waals surface area (Å²) in [4.78, 5) is 13.8. The number of amides is 1. The third-order valence-corrected chi connectivity index (χ3v) is 3.86. The molecule has 3 nitrogen and oxygen atoms in total. The lowest BCUT2D eigenvalue weighted by molar-refractivity contribution is -0.113. The number of hydrogen-bond donors (Lipinski definition) is 1. The lowest BCUT2D eigenvalue weighted by atomic mass is 10.2. The van der Waals surface area contributed by atoms with Crippen LogP contribution >= 0.6 is 23.4 Å². The molecule has 0 saturated carbocycles. The number of nitrogens with zero attached hydrogens (tertiary/aromatic N) is 1. The monoisotopic (exact) mass is 254 g/mol. The normalized spacial score (nSPS) is 15.8. The lowest BCUT2D eigenvalue weighted by Crippen LogP contribution is -2.17. The van der Waals surface area contributed by atoms with Gasteiger partial charge in [-0.3, -0.25) is 4.79 Å². The molecule has 1 heterocycles. The van der Waals surface area contributed by atoms with Gasteiger partial charge in [-0.05, 0) is 31.2 Å². The third-order valence-electron chi connectivity index (χ3n) is 2.43. The van der Waals surface area contributed by atoms with Crippen LogP contribution in [0.15, 0.2) is 34.9 Å². The van der Waals surface area contributed by atoms with E-state index in [1.165, 1.54) is 11.8 Å². The Labute approximate surface area is 103 Å². The number of primary amides is 1. The Kier molecular flexibility index (Phi) is 3.12. The Morgan fingerprint density at radius 2 is 2.06 bits per heavy atom. The van der Waals surface area contributed by atoms with E-state index < -0.39 is 0 Å². The van der Waals surface area contributed by atoms with Gasteiger partial charge in [0.2, 0.25) is 0 Å². The van der Waals surface area contributed by atoms with Gasteiger partial charge in [0.1, 0.15) is 0 Å². The fourth-order valence-electron chi connectivity index (χ4n) is 1.59. The molecule has 1 amide bonds. The van der Waals surface area contributed by atoms with Crippen molar-refractivity contribution in [3.63, 3.8) is 0 Å². The van der Waals surface area contributed by atoms with Crippen molar-refractivity contribution < 1.29 is 4.79 Å². The van der Waals surface area contributed by atoms with Crippen molar-refractivity contribution in [3.8, 4) is 0 Å². The number of carbonyl (C=O) groups is 1. The van der Waals surface area contributed by atoms with Crippen LogP contribution in [0.2, 0.25) is 5.02 Å². The van der Waals surface area contributed by atoms with Crippen molar-refractivity contribution in [2.75, 3.05) is 10.8 Å². The van der Waals surface area contributed by atoms with Crippen LogP contribution < -0.4 is 10.6 Å². The topological polar surface area (TPSA) is 46.3 Å². The smallest absolute Gasteiger partial charge is 0.256 e. The summed E-state index contributed by atoms with van der Waals surface area (Å²) < 4.78 is 0. The maximum absolute atomic E-state index is 11.1. The molecule has 1 aliphatic heterocycles. The van der Waals surface area contributed by atoms with Crippen molar-refractivity contribution >= 4 is 35.0 Å². The van der Waals surface area contributed by atoms with Crippen molar-refractivity contribution in [2.45, 2.75) is 6.92 Å². The van der Waals surface area contributed by atoms with Crippen molar-refractivity contribution in [1.82, 2.24) is 0 Å². The molecule has 16 heavy (non-hydrogen) atoms. The molecule has 0 aromatic heterocycles. The molecular weight excluding hydrogens is 244 g/mol. The summed E-state index contributed by atoms with van der Waals surface area (Å²) in [5.74, 6) is 0.352. The van der Waals surface area contributed by atoms with Crippen molar-refractivity contribution in [2.24, 2.45) is 5.73 Å². The Hall–Kier alpha value is -1.13. The molecule has 2 rings (SSSR count). The molecule has 0 unspecified atom stereocenters. The Morgan fingerprint density at radius 3 is 2.56 bits per heavy atom. The molecule has 0 bridgehead atoms. The first-order valence-electron chi connectivity index (χ1n) is 4.76. The zero-order valence-electron chi connectivity index (χ0n) is 8.74. The van der Waals surface area contributed by atoms with Gasteiger partial charge in [-0.2, -0.15) is 0 Å². The highest BCUT2D eigenvalue weighted by Gasteiger charge is 2.24. The minimum atomic E-state index is -0.362. The van der Waals surface area contributed by atoms with Gasteiger partial charge in [0.05, 0.1) is 10.8 Å². The first kappa shape index (κ1) is 11.4. The number of hydrogen-bond acceptors (Lipinski definition) is 3. The number of halogens is 1. The minimum Gasteiger partial charge on any atom is -0.365 e. The van der Waals surface area contributed by atoms with Gasteiger partial charge in [-0.1, -0.05) is 23.4 Å². The molecule has 1 aromatic rings. The maximum atomic E-state index is 11.1. The zero-order chi connectivity index (χ0) is 11.7. The summed E-state index contributed by atoms with van der Waals surface area (Å²) in [6, 6.07) is 7.51. The molecule has 84 valence electrons. The van der Waals surface area contributed by atoms with Crippen LogP contribution in [0.25, 0.3) is 0 Å². The molecule has 0 aliphatic carbocycles. The van der Waals surface area contributed by atoms with E-state index in [0.29, 0.717) is 15.8 Å². The van der Waals surface area contributed by atoms with Gasteiger partial charge < -0.3 is 10.6 Å². The standard InChI is InChI=1S/C11H11ClN2OS/c1-7-10(11(13)15)16-6-14(7)9-4-2-8(12)3-5-9/h2-5H,6H2,1H3,(H2,13,15). The first-order chi connectivity index (χ1) is 7.59. The van der Waals surface area contributed by atoms with E-state index in [0.717, 1.165) is 11.4 Å².